The van der Waals surface area contributed by atoms with Crippen LogP contribution in [0.15, 0.2) is 0 Å². The molecule has 1 spiro atoms. The molecule has 5 fully saturated rings. The molecule has 5 saturated carbocycles. The van der Waals surface area contributed by atoms with Gasteiger partial charge >= 0.3 is 0 Å². The molecule has 1 nitrogen and oxygen atoms in total. The third-order valence-electron chi connectivity index (χ3n) is 10.3. The van der Waals surface area contributed by atoms with Crippen molar-refractivity contribution in [2.24, 2.45) is 46.3 Å². The van der Waals surface area contributed by atoms with Gasteiger partial charge in [-0.25, -0.2) is 0 Å². The van der Waals surface area contributed by atoms with Gasteiger partial charge in [-0.3, -0.25) is 0 Å². The van der Waals surface area contributed by atoms with Crippen molar-refractivity contribution in [3.8, 4) is 0 Å². The molecule has 5 aliphatic carbocycles. The molecule has 0 aromatic heterocycles. The number of hydrogen-bond donors (Lipinski definition) is 1. The third kappa shape index (κ3) is 2.09. The molecule has 136 valence electrons. The van der Waals surface area contributed by atoms with E-state index in [1.54, 1.807) is 32.1 Å². The summed E-state index contributed by atoms with van der Waals surface area (Å²) in [6.45, 7) is 5.14. The van der Waals surface area contributed by atoms with Gasteiger partial charge in [-0.2, -0.15) is 0 Å². The normalized spacial score (nSPS) is 59.9. The van der Waals surface area contributed by atoms with Gasteiger partial charge in [0.15, 0.2) is 0 Å². The first kappa shape index (κ1) is 16.2. The molecular formula is C23H38O. The van der Waals surface area contributed by atoms with Gasteiger partial charge in [-0.15, -0.1) is 0 Å². The van der Waals surface area contributed by atoms with Crippen LogP contribution in [0, 0.1) is 46.3 Å². The maximum Gasteiger partial charge on any atom is 0.0543 e. The summed E-state index contributed by atoms with van der Waals surface area (Å²) >= 11 is 0. The summed E-state index contributed by atoms with van der Waals surface area (Å²) in [5.74, 6) is 5.97. The molecule has 9 atom stereocenters. The number of hydrogen-bond acceptors (Lipinski definition) is 1. The lowest BCUT2D eigenvalue weighted by molar-refractivity contribution is -0.138. The van der Waals surface area contributed by atoms with E-state index in [0.717, 1.165) is 53.8 Å². The maximum absolute atomic E-state index is 10.2. The lowest BCUT2D eigenvalue weighted by Crippen LogP contribution is -2.55. The highest BCUT2D eigenvalue weighted by atomic mass is 16.3. The van der Waals surface area contributed by atoms with Crippen LogP contribution in [0.3, 0.4) is 0 Å². The Kier molecular flexibility index (Phi) is 3.69. The zero-order chi connectivity index (χ0) is 16.5. The highest BCUT2D eigenvalue weighted by Gasteiger charge is 2.62. The molecule has 0 aromatic carbocycles. The largest absolute Gasteiger partial charge is 0.393 e. The Bertz CT molecular complexity index is 494. The van der Waals surface area contributed by atoms with Crippen LogP contribution in [0.25, 0.3) is 0 Å². The van der Waals surface area contributed by atoms with Gasteiger partial charge in [-0.1, -0.05) is 20.3 Å². The van der Waals surface area contributed by atoms with Crippen LogP contribution in [0.4, 0.5) is 0 Å². The first-order valence-electron chi connectivity index (χ1n) is 11.2. The van der Waals surface area contributed by atoms with Gasteiger partial charge in [0.2, 0.25) is 0 Å². The minimum absolute atomic E-state index is 0.00486. The average molecular weight is 331 g/mol. The number of aliphatic hydroxyl groups is 1. The summed E-state index contributed by atoms with van der Waals surface area (Å²) in [7, 11) is 0. The van der Waals surface area contributed by atoms with E-state index in [-0.39, 0.29) is 6.10 Å². The second-order valence-corrected chi connectivity index (χ2v) is 11.0. The van der Waals surface area contributed by atoms with Gasteiger partial charge < -0.3 is 5.11 Å². The molecule has 0 heterocycles. The van der Waals surface area contributed by atoms with E-state index in [2.05, 4.69) is 13.8 Å². The Morgan fingerprint density at radius 2 is 1.54 bits per heavy atom. The number of aliphatic hydroxyl groups excluding tert-OH is 1. The molecule has 5 aliphatic rings. The van der Waals surface area contributed by atoms with Gasteiger partial charge in [0, 0.05) is 0 Å². The molecule has 0 amide bonds. The fourth-order valence-corrected chi connectivity index (χ4v) is 9.14. The molecule has 24 heavy (non-hydrogen) atoms. The van der Waals surface area contributed by atoms with Crippen LogP contribution < -0.4 is 0 Å². The van der Waals surface area contributed by atoms with Gasteiger partial charge in [0.05, 0.1) is 6.10 Å². The van der Waals surface area contributed by atoms with Crippen LogP contribution in [-0.2, 0) is 0 Å². The van der Waals surface area contributed by atoms with Crippen molar-refractivity contribution in [2.45, 2.75) is 97.0 Å². The first-order chi connectivity index (χ1) is 11.5. The van der Waals surface area contributed by atoms with Crippen molar-refractivity contribution in [3.63, 3.8) is 0 Å². The fourth-order valence-electron chi connectivity index (χ4n) is 9.14. The number of fused-ring (bicyclic) bond motifs is 4. The molecule has 3 unspecified atom stereocenters. The van der Waals surface area contributed by atoms with Crippen molar-refractivity contribution in [2.75, 3.05) is 0 Å². The predicted octanol–water partition coefficient (Wildman–Crippen LogP) is 5.81. The topological polar surface area (TPSA) is 20.2 Å². The van der Waals surface area contributed by atoms with Gasteiger partial charge in [0.1, 0.15) is 0 Å². The Balaban J connectivity index is 1.43. The van der Waals surface area contributed by atoms with E-state index < -0.39 is 0 Å². The molecule has 0 saturated heterocycles. The van der Waals surface area contributed by atoms with E-state index >= 15 is 0 Å². The highest BCUT2D eigenvalue weighted by Crippen LogP contribution is 2.70. The summed E-state index contributed by atoms with van der Waals surface area (Å²) in [5.41, 5.74) is 1.33. The highest BCUT2D eigenvalue weighted by molar-refractivity contribution is 5.11. The van der Waals surface area contributed by atoms with Crippen LogP contribution in [0.2, 0.25) is 0 Å². The van der Waals surface area contributed by atoms with Crippen molar-refractivity contribution < 1.29 is 5.11 Å². The predicted molar refractivity (Wildman–Crippen MR) is 98.6 cm³/mol. The molecular weight excluding hydrogens is 292 g/mol. The smallest absolute Gasteiger partial charge is 0.0543 e. The minimum Gasteiger partial charge on any atom is -0.393 e. The third-order valence-corrected chi connectivity index (χ3v) is 10.3. The zero-order valence-electron chi connectivity index (χ0n) is 16.0. The lowest BCUT2D eigenvalue weighted by atomic mass is 9.43. The van der Waals surface area contributed by atoms with Crippen molar-refractivity contribution >= 4 is 0 Å². The Morgan fingerprint density at radius 1 is 0.750 bits per heavy atom. The SMILES string of the molecule is C[C@H]1CC[C@]23CCC4C(CC[C@H]5C[C@H](O)CC[C@]45C)C2CC[C@@H]3C1. The van der Waals surface area contributed by atoms with Crippen LogP contribution in [0.5, 0.6) is 0 Å². The van der Waals surface area contributed by atoms with Crippen LogP contribution >= 0.6 is 0 Å². The first-order valence-corrected chi connectivity index (χ1v) is 11.2. The van der Waals surface area contributed by atoms with E-state index in [1.165, 1.54) is 32.1 Å². The monoisotopic (exact) mass is 330 g/mol. The number of rotatable bonds is 0. The molecule has 5 rings (SSSR count). The fraction of sp³-hybridized carbons (Fsp3) is 1.00. The zero-order valence-corrected chi connectivity index (χ0v) is 16.0. The summed E-state index contributed by atoms with van der Waals surface area (Å²) in [5, 5.41) is 10.2. The quantitative estimate of drug-likeness (QED) is 0.594. The van der Waals surface area contributed by atoms with Crippen molar-refractivity contribution in [1.29, 1.82) is 0 Å². The van der Waals surface area contributed by atoms with Crippen LogP contribution in [-0.4, -0.2) is 11.2 Å². The van der Waals surface area contributed by atoms with Crippen molar-refractivity contribution in [1.82, 2.24) is 0 Å². The summed E-state index contributed by atoms with van der Waals surface area (Å²) in [6, 6.07) is 0. The molecule has 0 aliphatic heterocycles. The molecule has 1 heteroatoms. The van der Waals surface area contributed by atoms with Crippen LogP contribution in [0.1, 0.15) is 90.9 Å². The summed E-state index contributed by atoms with van der Waals surface area (Å²) < 4.78 is 0. The second-order valence-electron chi connectivity index (χ2n) is 11.0. The summed E-state index contributed by atoms with van der Waals surface area (Å²) in [6.07, 6.45) is 17.2. The molecule has 0 bridgehead atoms. The van der Waals surface area contributed by atoms with Gasteiger partial charge in [0.25, 0.3) is 0 Å². The van der Waals surface area contributed by atoms with Crippen molar-refractivity contribution in [3.05, 3.63) is 0 Å². The average Bonchev–Trinajstić information content (AvgIpc) is 2.94. The Morgan fingerprint density at radius 3 is 2.42 bits per heavy atom. The summed E-state index contributed by atoms with van der Waals surface area (Å²) in [4.78, 5) is 0. The maximum atomic E-state index is 10.2. The molecule has 0 radical (unpaired) electrons. The minimum atomic E-state index is 0.00486. The standard InChI is InChI=1S/C23H38O/c1-15-7-11-23-12-9-20-19(21(23)6-4-17(23)13-15)5-3-16-14-18(24)8-10-22(16,20)2/h15-21,24H,3-14H2,1-2H3/t15-,16-,17+,18+,19?,20?,21?,22-,23+/m0/s1. The van der Waals surface area contributed by atoms with E-state index in [4.69, 9.17) is 0 Å². The van der Waals surface area contributed by atoms with E-state index in [0.29, 0.717) is 5.41 Å². The second kappa shape index (κ2) is 5.48. The lowest BCUT2D eigenvalue weighted by Gasteiger charge is -2.62. The Hall–Kier alpha value is -0.0400. The van der Waals surface area contributed by atoms with Gasteiger partial charge in [-0.05, 0) is 117 Å². The van der Waals surface area contributed by atoms with E-state index in [1.807, 2.05) is 0 Å². The Labute approximate surface area is 149 Å². The molecule has 1 N–H and O–H groups in total. The molecule has 0 aromatic rings. The van der Waals surface area contributed by atoms with E-state index in [9.17, 15) is 5.11 Å².